The fourth-order valence-electron chi connectivity index (χ4n) is 4.75. The molecule has 1 aromatic carbocycles. The van der Waals surface area contributed by atoms with Crippen molar-refractivity contribution in [3.05, 3.63) is 77.1 Å². The Morgan fingerprint density at radius 3 is 2.64 bits per heavy atom. The zero-order chi connectivity index (χ0) is 25.2. The van der Waals surface area contributed by atoms with Crippen molar-refractivity contribution in [2.45, 2.75) is 32.5 Å². The van der Waals surface area contributed by atoms with Gasteiger partial charge < -0.3 is 14.4 Å². The SMILES string of the molecule is C=C(/C(=C\C=C/C)OC(F)F)[C@@H]1CCn2c(=O)c3ccc(-c4cnc(N5CCOCC5)nc4)cc3n21. The van der Waals surface area contributed by atoms with Crippen LogP contribution in [-0.4, -0.2) is 52.2 Å². The number of morpholine rings is 1. The molecule has 1 fully saturated rings. The van der Waals surface area contributed by atoms with Crippen LogP contribution in [0, 0.1) is 0 Å². The molecule has 0 unspecified atom stereocenters. The van der Waals surface area contributed by atoms with Gasteiger partial charge >= 0.3 is 6.61 Å². The lowest BCUT2D eigenvalue weighted by Gasteiger charge is -2.26. The van der Waals surface area contributed by atoms with E-state index in [2.05, 4.69) is 21.4 Å². The van der Waals surface area contributed by atoms with Gasteiger partial charge in [-0.25, -0.2) is 14.6 Å². The zero-order valence-electron chi connectivity index (χ0n) is 19.9. The van der Waals surface area contributed by atoms with Crippen LogP contribution in [-0.2, 0) is 16.0 Å². The summed E-state index contributed by atoms with van der Waals surface area (Å²) < 4.78 is 39.8. The second-order valence-electron chi connectivity index (χ2n) is 8.64. The second kappa shape index (κ2) is 10.1. The predicted molar refractivity (Wildman–Crippen MR) is 133 cm³/mol. The zero-order valence-corrected chi connectivity index (χ0v) is 19.9. The van der Waals surface area contributed by atoms with Gasteiger partial charge in [-0.05, 0) is 37.1 Å². The van der Waals surface area contributed by atoms with Crippen molar-refractivity contribution in [3.8, 4) is 11.1 Å². The fraction of sp³-hybridized carbons (Fsp3) is 0.346. The first-order chi connectivity index (χ1) is 17.5. The normalized spacial score (nSPS) is 18.4. The molecule has 2 aromatic heterocycles. The molecule has 1 atom stereocenters. The number of allylic oxidation sites excluding steroid dienone is 4. The summed E-state index contributed by atoms with van der Waals surface area (Å²) in [5.41, 5.74) is 2.62. The van der Waals surface area contributed by atoms with Gasteiger partial charge in [0.25, 0.3) is 5.56 Å². The molecule has 0 bridgehead atoms. The number of ether oxygens (including phenoxy) is 2. The van der Waals surface area contributed by atoms with E-state index in [1.165, 1.54) is 6.08 Å². The summed E-state index contributed by atoms with van der Waals surface area (Å²) in [4.78, 5) is 24.2. The van der Waals surface area contributed by atoms with Crippen molar-refractivity contribution in [1.82, 2.24) is 19.3 Å². The third-order valence-electron chi connectivity index (χ3n) is 6.52. The number of hydrogen-bond acceptors (Lipinski definition) is 6. The minimum Gasteiger partial charge on any atom is -0.434 e. The average Bonchev–Trinajstić information content (AvgIpc) is 3.46. The topological polar surface area (TPSA) is 74.4 Å². The van der Waals surface area contributed by atoms with Crippen LogP contribution in [0.2, 0.25) is 0 Å². The largest absolute Gasteiger partial charge is 0.434 e. The number of benzene rings is 1. The molecule has 2 aliphatic heterocycles. The van der Waals surface area contributed by atoms with Gasteiger partial charge in [0, 0.05) is 43.2 Å². The summed E-state index contributed by atoms with van der Waals surface area (Å²) in [6.07, 6.45) is 8.89. The molecule has 0 aliphatic carbocycles. The highest BCUT2D eigenvalue weighted by molar-refractivity contribution is 5.84. The van der Waals surface area contributed by atoms with E-state index >= 15 is 0 Å². The van der Waals surface area contributed by atoms with Crippen LogP contribution in [0.3, 0.4) is 0 Å². The summed E-state index contributed by atoms with van der Waals surface area (Å²) in [5.74, 6) is 0.652. The van der Waals surface area contributed by atoms with Gasteiger partial charge in [-0.15, -0.1) is 0 Å². The van der Waals surface area contributed by atoms with E-state index in [1.807, 2.05) is 16.8 Å². The summed E-state index contributed by atoms with van der Waals surface area (Å²) >= 11 is 0. The van der Waals surface area contributed by atoms with Crippen LogP contribution in [0.4, 0.5) is 14.7 Å². The van der Waals surface area contributed by atoms with Crippen LogP contribution in [0.5, 0.6) is 0 Å². The summed E-state index contributed by atoms with van der Waals surface area (Å²) in [6.45, 7) is 6.11. The maximum atomic E-state index is 13.1. The summed E-state index contributed by atoms with van der Waals surface area (Å²) in [7, 11) is 0. The van der Waals surface area contributed by atoms with Gasteiger partial charge in [-0.1, -0.05) is 24.8 Å². The molecule has 4 heterocycles. The van der Waals surface area contributed by atoms with Crippen molar-refractivity contribution < 1.29 is 18.3 Å². The summed E-state index contributed by atoms with van der Waals surface area (Å²) in [5, 5.41) is 0.552. The number of nitrogens with zero attached hydrogens (tertiary/aromatic N) is 5. The van der Waals surface area contributed by atoms with Gasteiger partial charge in [0.2, 0.25) is 5.95 Å². The maximum absolute atomic E-state index is 13.1. The van der Waals surface area contributed by atoms with Crippen LogP contribution < -0.4 is 10.5 Å². The molecule has 36 heavy (non-hydrogen) atoms. The number of aromatic nitrogens is 4. The van der Waals surface area contributed by atoms with Crippen LogP contribution in [0.1, 0.15) is 19.4 Å². The molecule has 5 rings (SSSR count). The highest BCUT2D eigenvalue weighted by Gasteiger charge is 2.31. The van der Waals surface area contributed by atoms with E-state index in [0.717, 1.165) is 24.2 Å². The lowest BCUT2D eigenvalue weighted by atomic mass is 10.0. The molecular formula is C26H27F2N5O3. The van der Waals surface area contributed by atoms with Gasteiger partial charge in [0.1, 0.15) is 5.76 Å². The molecule has 10 heteroatoms. The lowest BCUT2D eigenvalue weighted by molar-refractivity contribution is -0.0939. The van der Waals surface area contributed by atoms with Crippen molar-refractivity contribution >= 4 is 16.9 Å². The third-order valence-corrected chi connectivity index (χ3v) is 6.52. The Hall–Kier alpha value is -3.79. The Kier molecular flexibility index (Phi) is 6.69. The van der Waals surface area contributed by atoms with Gasteiger partial charge in [-0.2, -0.15) is 8.78 Å². The standard InChI is InChI=1S/C26H27F2N5O3/c1-3-4-5-23(36-25(27)28)17(2)21-8-9-32-24(34)20-7-6-18(14-22(20)33(21)32)19-15-29-26(30-16-19)31-10-12-35-13-11-31/h3-7,14-16,21,25H,2,8-13H2,1H3/b4-3-,23-5+/t21-/m0/s1. The molecule has 0 saturated carbocycles. The van der Waals surface area contributed by atoms with E-state index in [1.54, 1.807) is 42.2 Å². The molecule has 0 amide bonds. The molecule has 0 N–H and O–H groups in total. The quantitative estimate of drug-likeness (QED) is 0.360. The Labute approximate surface area is 206 Å². The Balaban J connectivity index is 1.50. The van der Waals surface area contributed by atoms with Gasteiger partial charge in [0.15, 0.2) is 0 Å². The van der Waals surface area contributed by atoms with E-state index in [-0.39, 0.29) is 11.3 Å². The van der Waals surface area contributed by atoms with Crippen LogP contribution in [0.15, 0.2) is 71.5 Å². The van der Waals surface area contributed by atoms with E-state index in [9.17, 15) is 13.6 Å². The predicted octanol–water partition coefficient (Wildman–Crippen LogP) is 4.30. The number of hydrogen-bond donors (Lipinski definition) is 0. The molecule has 1 saturated heterocycles. The van der Waals surface area contributed by atoms with Crippen LogP contribution in [0.25, 0.3) is 22.0 Å². The lowest BCUT2D eigenvalue weighted by Crippen LogP contribution is -2.37. The number of fused-ring (bicyclic) bond motifs is 3. The number of rotatable bonds is 7. The Morgan fingerprint density at radius 1 is 1.19 bits per heavy atom. The third kappa shape index (κ3) is 4.44. The molecule has 188 valence electrons. The second-order valence-corrected chi connectivity index (χ2v) is 8.64. The Bertz CT molecular complexity index is 1390. The fourth-order valence-corrected chi connectivity index (χ4v) is 4.75. The molecule has 3 aromatic rings. The van der Waals surface area contributed by atoms with Crippen molar-refractivity contribution in [3.63, 3.8) is 0 Å². The minimum absolute atomic E-state index is 0.000829. The number of alkyl halides is 2. The minimum atomic E-state index is -2.98. The summed E-state index contributed by atoms with van der Waals surface area (Å²) in [6, 6.07) is 5.16. The monoisotopic (exact) mass is 495 g/mol. The number of halogens is 2. The molecular weight excluding hydrogens is 468 g/mol. The Morgan fingerprint density at radius 2 is 1.94 bits per heavy atom. The van der Waals surface area contributed by atoms with Gasteiger partial charge in [0.05, 0.1) is 30.2 Å². The van der Waals surface area contributed by atoms with Crippen molar-refractivity contribution in [2.75, 3.05) is 31.2 Å². The molecule has 8 nitrogen and oxygen atoms in total. The van der Waals surface area contributed by atoms with E-state index in [0.29, 0.717) is 48.6 Å². The first-order valence-electron chi connectivity index (χ1n) is 11.8. The maximum Gasteiger partial charge on any atom is 0.387 e. The first kappa shape index (κ1) is 23.9. The van der Waals surface area contributed by atoms with E-state index in [4.69, 9.17) is 9.47 Å². The van der Waals surface area contributed by atoms with Crippen molar-refractivity contribution in [2.24, 2.45) is 0 Å². The highest BCUT2D eigenvalue weighted by Crippen LogP contribution is 2.36. The smallest absolute Gasteiger partial charge is 0.387 e. The van der Waals surface area contributed by atoms with E-state index < -0.39 is 12.7 Å². The van der Waals surface area contributed by atoms with Crippen molar-refractivity contribution in [1.29, 1.82) is 0 Å². The molecule has 0 spiro atoms. The molecule has 2 aliphatic rings. The first-order valence-corrected chi connectivity index (χ1v) is 11.8. The molecule has 0 radical (unpaired) electrons. The highest BCUT2D eigenvalue weighted by atomic mass is 19.3. The average molecular weight is 496 g/mol. The van der Waals surface area contributed by atoms with Gasteiger partial charge in [-0.3, -0.25) is 9.48 Å². The van der Waals surface area contributed by atoms with Crippen LogP contribution >= 0.6 is 0 Å². The number of anilines is 1.